The second-order valence-electron chi connectivity index (χ2n) is 6.15. The molecule has 0 saturated carbocycles. The zero-order valence-corrected chi connectivity index (χ0v) is 17.9. The number of rotatable bonds is 8. The Morgan fingerprint density at radius 3 is 2.41 bits per heavy atom. The van der Waals surface area contributed by atoms with Crippen molar-refractivity contribution in [3.05, 3.63) is 57.3 Å². The first kappa shape index (κ1) is 22.8. The lowest BCUT2D eigenvalue weighted by molar-refractivity contribution is -0.147. The molecule has 2 amide bonds. The number of halogens is 3. The van der Waals surface area contributed by atoms with Crippen molar-refractivity contribution in [3.8, 4) is 0 Å². The van der Waals surface area contributed by atoms with Gasteiger partial charge in [0, 0.05) is 28.7 Å². The maximum absolute atomic E-state index is 12.8. The highest BCUT2D eigenvalue weighted by Gasteiger charge is 2.12. The van der Waals surface area contributed by atoms with E-state index in [1.807, 2.05) is 0 Å². The van der Waals surface area contributed by atoms with Crippen LogP contribution in [-0.4, -0.2) is 24.4 Å². The van der Waals surface area contributed by atoms with Crippen LogP contribution in [-0.2, 0) is 19.1 Å². The van der Waals surface area contributed by atoms with Crippen molar-refractivity contribution in [3.63, 3.8) is 0 Å². The summed E-state index contributed by atoms with van der Waals surface area (Å²) in [7, 11) is 0. The number of carbonyl (C=O) groups is 3. The van der Waals surface area contributed by atoms with E-state index in [0.717, 1.165) is 0 Å². The lowest BCUT2D eigenvalue weighted by Gasteiger charge is -2.11. The predicted molar refractivity (Wildman–Crippen MR) is 112 cm³/mol. The van der Waals surface area contributed by atoms with Gasteiger partial charge >= 0.3 is 5.97 Å². The third kappa shape index (κ3) is 7.47. The molecule has 0 heterocycles. The SMILES string of the molecule is Cc1c(NC(=O)COC(=O)CCCC(=O)Nc2ccc(F)cc2)ccc(Br)c1Cl. The minimum absolute atomic E-state index is 0.00669. The Bertz CT molecular complexity index is 906. The van der Waals surface area contributed by atoms with E-state index in [1.54, 1.807) is 19.1 Å². The van der Waals surface area contributed by atoms with Crippen LogP contribution in [0, 0.1) is 12.7 Å². The van der Waals surface area contributed by atoms with E-state index in [4.69, 9.17) is 16.3 Å². The summed E-state index contributed by atoms with van der Waals surface area (Å²) in [6.45, 7) is 1.32. The fourth-order valence-corrected chi connectivity index (χ4v) is 2.94. The van der Waals surface area contributed by atoms with Gasteiger partial charge in [-0.3, -0.25) is 14.4 Å². The van der Waals surface area contributed by atoms with Crippen LogP contribution in [0.5, 0.6) is 0 Å². The normalized spacial score (nSPS) is 10.3. The molecule has 0 spiro atoms. The molecular weight excluding hydrogens is 467 g/mol. The maximum atomic E-state index is 12.8. The zero-order chi connectivity index (χ0) is 21.4. The third-order valence-electron chi connectivity index (χ3n) is 3.89. The molecule has 2 aromatic rings. The van der Waals surface area contributed by atoms with E-state index in [-0.39, 0.29) is 25.2 Å². The summed E-state index contributed by atoms with van der Waals surface area (Å²) in [5.41, 5.74) is 1.68. The Morgan fingerprint density at radius 2 is 1.72 bits per heavy atom. The summed E-state index contributed by atoms with van der Waals surface area (Å²) in [6.07, 6.45) is 0.345. The van der Waals surface area contributed by atoms with Crippen molar-refractivity contribution in [1.29, 1.82) is 0 Å². The van der Waals surface area contributed by atoms with Crippen LogP contribution in [0.25, 0.3) is 0 Å². The molecule has 9 heteroatoms. The molecule has 2 N–H and O–H groups in total. The van der Waals surface area contributed by atoms with Gasteiger partial charge in [0.2, 0.25) is 5.91 Å². The van der Waals surface area contributed by atoms with Crippen LogP contribution in [0.3, 0.4) is 0 Å². The van der Waals surface area contributed by atoms with E-state index in [9.17, 15) is 18.8 Å². The highest BCUT2D eigenvalue weighted by Crippen LogP contribution is 2.30. The number of amides is 2. The van der Waals surface area contributed by atoms with Crippen molar-refractivity contribution in [1.82, 2.24) is 0 Å². The van der Waals surface area contributed by atoms with E-state index in [1.165, 1.54) is 24.3 Å². The van der Waals surface area contributed by atoms with E-state index >= 15 is 0 Å². The monoisotopic (exact) mass is 484 g/mol. The minimum atomic E-state index is -0.583. The van der Waals surface area contributed by atoms with Crippen LogP contribution >= 0.6 is 27.5 Å². The lowest BCUT2D eigenvalue weighted by Crippen LogP contribution is -2.21. The number of nitrogens with one attached hydrogen (secondary N) is 2. The lowest BCUT2D eigenvalue weighted by atomic mass is 10.2. The molecule has 0 aromatic heterocycles. The standard InChI is InChI=1S/C20H19BrClFN2O4/c1-12-16(10-9-15(21)20(12)22)25-18(27)11-29-19(28)4-2-3-17(26)24-14-7-5-13(23)6-8-14/h5-10H,2-4,11H2,1H3,(H,24,26)(H,25,27). The molecule has 0 saturated heterocycles. The minimum Gasteiger partial charge on any atom is -0.456 e. The van der Waals surface area contributed by atoms with Gasteiger partial charge in [0.25, 0.3) is 5.91 Å². The molecule has 0 bridgehead atoms. The Hall–Kier alpha value is -2.45. The van der Waals surface area contributed by atoms with E-state index in [2.05, 4.69) is 26.6 Å². The summed E-state index contributed by atoms with van der Waals surface area (Å²) in [5.74, 6) is -1.77. The van der Waals surface area contributed by atoms with Gasteiger partial charge in [0.15, 0.2) is 6.61 Å². The van der Waals surface area contributed by atoms with Gasteiger partial charge in [-0.25, -0.2) is 4.39 Å². The van der Waals surface area contributed by atoms with E-state index < -0.39 is 24.3 Å². The predicted octanol–water partition coefficient (Wildman–Crippen LogP) is 4.84. The smallest absolute Gasteiger partial charge is 0.306 e. The van der Waals surface area contributed by atoms with Crippen molar-refractivity contribution in [2.24, 2.45) is 0 Å². The number of benzene rings is 2. The van der Waals surface area contributed by atoms with Crippen molar-refractivity contribution < 1.29 is 23.5 Å². The highest BCUT2D eigenvalue weighted by atomic mass is 79.9. The van der Waals surface area contributed by atoms with Gasteiger partial charge in [-0.15, -0.1) is 0 Å². The van der Waals surface area contributed by atoms with Gasteiger partial charge < -0.3 is 15.4 Å². The highest BCUT2D eigenvalue weighted by molar-refractivity contribution is 9.10. The molecule has 0 aliphatic heterocycles. The van der Waals surface area contributed by atoms with Gasteiger partial charge in [0.1, 0.15) is 5.82 Å². The molecule has 0 fully saturated rings. The zero-order valence-electron chi connectivity index (χ0n) is 15.6. The van der Waals surface area contributed by atoms with Crippen LogP contribution in [0.1, 0.15) is 24.8 Å². The average molecular weight is 486 g/mol. The average Bonchev–Trinajstić information content (AvgIpc) is 2.68. The molecule has 0 aliphatic rings. The van der Waals surface area contributed by atoms with Crippen LogP contribution in [0.15, 0.2) is 40.9 Å². The topological polar surface area (TPSA) is 84.5 Å². The quantitative estimate of drug-likeness (QED) is 0.524. The first-order valence-electron chi connectivity index (χ1n) is 8.71. The molecule has 0 atom stereocenters. The Kier molecular flexibility index (Phi) is 8.60. The van der Waals surface area contributed by atoms with Gasteiger partial charge in [-0.1, -0.05) is 11.6 Å². The summed E-state index contributed by atoms with van der Waals surface area (Å²) < 4.78 is 18.4. The van der Waals surface area contributed by atoms with Gasteiger partial charge in [0.05, 0.1) is 5.02 Å². The molecule has 0 unspecified atom stereocenters. The molecule has 2 rings (SSSR count). The van der Waals surface area contributed by atoms with Gasteiger partial charge in [-0.05, 0) is 71.2 Å². The Balaban J connectivity index is 1.67. The van der Waals surface area contributed by atoms with Crippen LogP contribution in [0.4, 0.5) is 15.8 Å². The van der Waals surface area contributed by atoms with Crippen molar-refractivity contribution in [2.45, 2.75) is 26.2 Å². The Morgan fingerprint density at radius 1 is 1.03 bits per heavy atom. The summed E-state index contributed by atoms with van der Waals surface area (Å²) in [4.78, 5) is 35.5. The Labute approximate surface area is 180 Å². The molecule has 0 radical (unpaired) electrons. The second-order valence-corrected chi connectivity index (χ2v) is 7.38. The molecule has 29 heavy (non-hydrogen) atoms. The number of anilines is 2. The number of esters is 1. The fraction of sp³-hybridized carbons (Fsp3) is 0.250. The summed E-state index contributed by atoms with van der Waals surface area (Å²) in [6, 6.07) is 8.75. The van der Waals surface area contributed by atoms with E-state index in [0.29, 0.717) is 26.4 Å². The molecule has 0 aliphatic carbocycles. The number of carbonyl (C=O) groups excluding carboxylic acids is 3. The summed E-state index contributed by atoms with van der Waals surface area (Å²) >= 11 is 9.40. The first-order chi connectivity index (χ1) is 13.8. The molecule has 2 aromatic carbocycles. The number of ether oxygens (including phenoxy) is 1. The maximum Gasteiger partial charge on any atom is 0.306 e. The molecular formula is C20H19BrClFN2O4. The number of hydrogen-bond donors (Lipinski definition) is 2. The third-order valence-corrected chi connectivity index (χ3v) is 5.27. The second kappa shape index (κ2) is 10.9. The first-order valence-corrected chi connectivity index (χ1v) is 9.89. The number of hydrogen-bond acceptors (Lipinski definition) is 4. The van der Waals surface area contributed by atoms with Crippen molar-refractivity contribution >= 4 is 56.7 Å². The fourth-order valence-electron chi connectivity index (χ4n) is 2.34. The van der Waals surface area contributed by atoms with Crippen LogP contribution < -0.4 is 10.6 Å². The van der Waals surface area contributed by atoms with Crippen LogP contribution in [0.2, 0.25) is 5.02 Å². The van der Waals surface area contributed by atoms with Gasteiger partial charge in [-0.2, -0.15) is 0 Å². The summed E-state index contributed by atoms with van der Waals surface area (Å²) in [5, 5.41) is 5.71. The molecule has 6 nitrogen and oxygen atoms in total. The van der Waals surface area contributed by atoms with Crippen molar-refractivity contribution in [2.75, 3.05) is 17.2 Å². The largest absolute Gasteiger partial charge is 0.456 e. The molecule has 154 valence electrons.